The van der Waals surface area contributed by atoms with Crippen LogP contribution in [0.15, 0.2) is 64.1 Å². The first-order valence-corrected chi connectivity index (χ1v) is 13.3. The largest absolute Gasteiger partial charge is 0.468 e. The first-order valence-electron chi connectivity index (χ1n) is 11.1. The van der Waals surface area contributed by atoms with E-state index in [1.165, 1.54) is 13.2 Å². The molecule has 0 aliphatic heterocycles. The normalized spacial score (nSPS) is 12.8. The number of benzene rings is 2. The first-order chi connectivity index (χ1) is 16.6. The number of methoxy groups -OCH3 is 1. The predicted octanol–water partition coefficient (Wildman–Crippen LogP) is 4.05. The summed E-state index contributed by atoms with van der Waals surface area (Å²) in [5.41, 5.74) is 1.63. The van der Waals surface area contributed by atoms with Crippen LogP contribution < -0.4 is 0 Å². The maximum absolute atomic E-state index is 13.7. The molecule has 3 rings (SSSR count). The number of sulfonamides is 1. The van der Waals surface area contributed by atoms with Crippen LogP contribution in [-0.2, 0) is 32.5 Å². The minimum atomic E-state index is -4.20. The standard InChI is InChI=1S/C24H28BrFN4O4S/c1-17(2)13-22(24(31)34-3)30(35(32,33)23-10-9-19(26)14-21(23)25)12-11-20-16-29(28-27-20)15-18-7-5-4-6-8-18/h4-10,14,16-17,22H,11-13,15H2,1-3H3/t22-/m0/s1. The summed E-state index contributed by atoms with van der Waals surface area (Å²) in [6.45, 7) is 4.27. The quantitative estimate of drug-likeness (QED) is 0.325. The number of hydrogen-bond donors (Lipinski definition) is 0. The lowest BCUT2D eigenvalue weighted by Crippen LogP contribution is -2.47. The Labute approximate surface area is 213 Å². The van der Waals surface area contributed by atoms with Crippen molar-refractivity contribution in [3.8, 4) is 0 Å². The van der Waals surface area contributed by atoms with Crippen molar-refractivity contribution in [1.29, 1.82) is 0 Å². The fraction of sp³-hybridized carbons (Fsp3) is 0.375. The molecule has 0 aliphatic carbocycles. The molecule has 188 valence electrons. The zero-order chi connectivity index (χ0) is 25.6. The van der Waals surface area contributed by atoms with Crippen molar-refractivity contribution < 1.29 is 22.3 Å². The van der Waals surface area contributed by atoms with Crippen LogP contribution in [0.25, 0.3) is 0 Å². The molecule has 2 aromatic carbocycles. The molecule has 0 fully saturated rings. The second kappa shape index (κ2) is 11.9. The maximum atomic E-state index is 13.7. The van der Waals surface area contributed by atoms with E-state index in [9.17, 15) is 17.6 Å². The lowest BCUT2D eigenvalue weighted by molar-refractivity contribution is -0.145. The lowest BCUT2D eigenvalue weighted by atomic mass is 10.0. The monoisotopic (exact) mass is 566 g/mol. The molecule has 0 radical (unpaired) electrons. The number of carbonyl (C=O) groups is 1. The van der Waals surface area contributed by atoms with Crippen LogP contribution in [0.1, 0.15) is 31.5 Å². The molecule has 1 aromatic heterocycles. The summed E-state index contributed by atoms with van der Waals surface area (Å²) in [6.07, 6.45) is 2.23. The van der Waals surface area contributed by atoms with Gasteiger partial charge in [0.05, 0.1) is 24.2 Å². The van der Waals surface area contributed by atoms with Gasteiger partial charge in [0, 0.05) is 23.6 Å². The topological polar surface area (TPSA) is 94.4 Å². The van der Waals surface area contributed by atoms with Gasteiger partial charge in [-0.2, -0.15) is 4.31 Å². The van der Waals surface area contributed by atoms with Crippen molar-refractivity contribution in [2.45, 2.75) is 44.2 Å². The summed E-state index contributed by atoms with van der Waals surface area (Å²) in [5.74, 6) is -1.22. The van der Waals surface area contributed by atoms with Crippen LogP contribution in [0.5, 0.6) is 0 Å². The van der Waals surface area contributed by atoms with E-state index in [2.05, 4.69) is 26.2 Å². The van der Waals surface area contributed by atoms with Gasteiger partial charge in [-0.3, -0.25) is 4.79 Å². The Kier molecular flexibility index (Phi) is 9.15. The zero-order valence-corrected chi connectivity index (χ0v) is 22.2. The van der Waals surface area contributed by atoms with Gasteiger partial charge < -0.3 is 4.74 Å². The lowest BCUT2D eigenvalue weighted by Gasteiger charge is -2.30. The van der Waals surface area contributed by atoms with E-state index in [1.807, 2.05) is 44.2 Å². The minimum Gasteiger partial charge on any atom is -0.468 e. The molecular weight excluding hydrogens is 539 g/mol. The van der Waals surface area contributed by atoms with Gasteiger partial charge in [-0.15, -0.1) is 5.10 Å². The number of nitrogens with zero attached hydrogens (tertiary/aromatic N) is 4. The van der Waals surface area contributed by atoms with Gasteiger partial charge in [-0.1, -0.05) is 49.4 Å². The molecule has 0 saturated heterocycles. The van der Waals surface area contributed by atoms with Crippen molar-refractivity contribution in [2.24, 2.45) is 5.92 Å². The Morgan fingerprint density at radius 2 is 1.91 bits per heavy atom. The van der Waals surface area contributed by atoms with Crippen molar-refractivity contribution in [3.63, 3.8) is 0 Å². The molecule has 11 heteroatoms. The Balaban J connectivity index is 1.90. The predicted molar refractivity (Wildman–Crippen MR) is 133 cm³/mol. The molecule has 0 unspecified atom stereocenters. The van der Waals surface area contributed by atoms with E-state index < -0.39 is 27.9 Å². The molecule has 0 saturated carbocycles. The zero-order valence-electron chi connectivity index (χ0n) is 19.8. The molecule has 0 bridgehead atoms. The summed E-state index contributed by atoms with van der Waals surface area (Å²) in [6, 6.07) is 12.0. The van der Waals surface area contributed by atoms with Crippen LogP contribution in [0.4, 0.5) is 4.39 Å². The SMILES string of the molecule is COC(=O)[C@H](CC(C)C)N(CCc1cn(Cc2ccccc2)nn1)S(=O)(=O)c1ccc(F)cc1Br. The van der Waals surface area contributed by atoms with Crippen LogP contribution in [0.2, 0.25) is 0 Å². The molecule has 1 heterocycles. The second-order valence-electron chi connectivity index (χ2n) is 8.50. The van der Waals surface area contributed by atoms with Crippen molar-refractivity contribution in [1.82, 2.24) is 19.3 Å². The molecule has 0 N–H and O–H groups in total. The number of carbonyl (C=O) groups excluding carboxylic acids is 1. The van der Waals surface area contributed by atoms with Gasteiger partial charge in [-0.05, 0) is 52.0 Å². The van der Waals surface area contributed by atoms with Crippen LogP contribution in [-0.4, -0.2) is 53.4 Å². The second-order valence-corrected chi connectivity index (χ2v) is 11.2. The van der Waals surface area contributed by atoms with Gasteiger partial charge >= 0.3 is 5.97 Å². The van der Waals surface area contributed by atoms with Gasteiger partial charge in [-0.25, -0.2) is 17.5 Å². The average molecular weight is 567 g/mol. The smallest absolute Gasteiger partial charge is 0.324 e. The summed E-state index contributed by atoms with van der Waals surface area (Å²) in [5, 5.41) is 8.31. The molecule has 35 heavy (non-hydrogen) atoms. The van der Waals surface area contributed by atoms with Crippen LogP contribution in [0.3, 0.4) is 0 Å². The summed E-state index contributed by atoms with van der Waals surface area (Å²) in [7, 11) is -2.97. The fourth-order valence-electron chi connectivity index (χ4n) is 3.69. The van der Waals surface area contributed by atoms with E-state index in [0.29, 0.717) is 12.2 Å². The van der Waals surface area contributed by atoms with E-state index in [1.54, 1.807) is 10.9 Å². The summed E-state index contributed by atoms with van der Waals surface area (Å²) in [4.78, 5) is 12.6. The van der Waals surface area contributed by atoms with E-state index >= 15 is 0 Å². The van der Waals surface area contributed by atoms with Crippen molar-refractivity contribution in [3.05, 3.63) is 76.3 Å². The van der Waals surface area contributed by atoms with Gasteiger partial charge in [0.25, 0.3) is 0 Å². The average Bonchev–Trinajstić information content (AvgIpc) is 3.25. The Morgan fingerprint density at radius 3 is 2.54 bits per heavy atom. The Bertz CT molecular complexity index is 1250. The third-order valence-corrected chi connectivity index (χ3v) is 8.24. The Morgan fingerprint density at radius 1 is 1.20 bits per heavy atom. The number of rotatable bonds is 11. The Hall–Kier alpha value is -2.63. The van der Waals surface area contributed by atoms with Crippen LogP contribution >= 0.6 is 15.9 Å². The van der Waals surface area contributed by atoms with Gasteiger partial charge in [0.15, 0.2) is 0 Å². The summed E-state index contributed by atoms with van der Waals surface area (Å²) >= 11 is 3.15. The summed E-state index contributed by atoms with van der Waals surface area (Å²) < 4.78 is 48.9. The van der Waals surface area contributed by atoms with Crippen molar-refractivity contribution in [2.75, 3.05) is 13.7 Å². The van der Waals surface area contributed by atoms with E-state index in [4.69, 9.17) is 4.74 Å². The number of halogens is 2. The maximum Gasteiger partial charge on any atom is 0.324 e. The number of esters is 1. The van der Waals surface area contributed by atoms with E-state index in [0.717, 1.165) is 22.0 Å². The van der Waals surface area contributed by atoms with E-state index in [-0.39, 0.29) is 34.7 Å². The molecule has 0 spiro atoms. The number of ether oxygens (including phenoxy) is 1. The minimum absolute atomic E-state index is 0.0141. The molecule has 3 aromatic rings. The van der Waals surface area contributed by atoms with Crippen LogP contribution in [0, 0.1) is 11.7 Å². The first kappa shape index (κ1) is 27.0. The molecule has 1 atom stereocenters. The molecular formula is C24H28BrFN4O4S. The van der Waals surface area contributed by atoms with Gasteiger partial charge in [0.2, 0.25) is 10.0 Å². The third-order valence-electron chi connectivity index (χ3n) is 5.36. The fourth-order valence-corrected chi connectivity index (χ4v) is 6.30. The highest BCUT2D eigenvalue weighted by atomic mass is 79.9. The highest BCUT2D eigenvalue weighted by molar-refractivity contribution is 9.10. The molecule has 0 amide bonds. The van der Waals surface area contributed by atoms with Gasteiger partial charge in [0.1, 0.15) is 11.9 Å². The third kappa shape index (κ3) is 6.96. The highest BCUT2D eigenvalue weighted by Crippen LogP contribution is 2.29. The highest BCUT2D eigenvalue weighted by Gasteiger charge is 2.38. The molecule has 8 nitrogen and oxygen atoms in total. The molecule has 0 aliphatic rings. The van der Waals surface area contributed by atoms with Crippen molar-refractivity contribution >= 4 is 31.9 Å². The number of aromatic nitrogens is 3. The number of hydrogen-bond acceptors (Lipinski definition) is 6.